The van der Waals surface area contributed by atoms with E-state index in [1.165, 1.54) is 42.1 Å². The van der Waals surface area contributed by atoms with Crippen molar-refractivity contribution in [3.63, 3.8) is 0 Å². The molecule has 2 aliphatic carbocycles. The summed E-state index contributed by atoms with van der Waals surface area (Å²) in [7, 11) is -3.70. The summed E-state index contributed by atoms with van der Waals surface area (Å²) < 4.78 is 27.8. The van der Waals surface area contributed by atoms with Crippen molar-refractivity contribution in [2.24, 2.45) is 17.8 Å². The largest absolute Gasteiger partial charge is 0.349 e. The summed E-state index contributed by atoms with van der Waals surface area (Å²) in [6.45, 7) is 3.10. The minimum absolute atomic E-state index is 0.0429. The molecule has 2 bridgehead atoms. The van der Waals surface area contributed by atoms with Gasteiger partial charge in [-0.25, -0.2) is 8.42 Å². The Kier molecular flexibility index (Phi) is 6.24. The second-order valence-corrected chi connectivity index (χ2v) is 11.4. The van der Waals surface area contributed by atoms with E-state index in [1.54, 1.807) is 6.07 Å². The third kappa shape index (κ3) is 4.35. The van der Waals surface area contributed by atoms with Crippen LogP contribution in [0, 0.1) is 17.8 Å². The van der Waals surface area contributed by atoms with Crippen LogP contribution in [0.1, 0.15) is 68.6 Å². The minimum Gasteiger partial charge on any atom is -0.349 e. The van der Waals surface area contributed by atoms with Gasteiger partial charge in [-0.15, -0.1) is 0 Å². The monoisotopic (exact) mass is 438 g/mol. The van der Waals surface area contributed by atoms with Crippen LogP contribution in [0.15, 0.2) is 23.1 Å². The summed E-state index contributed by atoms with van der Waals surface area (Å²) in [5.41, 5.74) is 0.359. The molecule has 0 unspecified atom stereocenters. The van der Waals surface area contributed by atoms with Gasteiger partial charge in [-0.1, -0.05) is 30.9 Å². The third-order valence-corrected chi connectivity index (χ3v) is 9.55. The van der Waals surface area contributed by atoms with Gasteiger partial charge in [-0.3, -0.25) is 4.79 Å². The van der Waals surface area contributed by atoms with Crippen LogP contribution in [-0.2, 0) is 10.0 Å². The Labute approximate surface area is 179 Å². The van der Waals surface area contributed by atoms with E-state index in [-0.39, 0.29) is 21.9 Å². The molecule has 3 aliphatic rings. The number of sulfonamides is 1. The van der Waals surface area contributed by atoms with Crippen molar-refractivity contribution in [3.05, 3.63) is 28.8 Å². The number of carbonyl (C=O) groups excluding carboxylic acids is 1. The van der Waals surface area contributed by atoms with Crippen LogP contribution in [0.4, 0.5) is 0 Å². The minimum atomic E-state index is -3.70. The van der Waals surface area contributed by atoms with Crippen molar-refractivity contribution in [1.29, 1.82) is 0 Å². The molecule has 1 N–H and O–H groups in total. The number of nitrogens with zero attached hydrogens (tertiary/aromatic N) is 1. The zero-order chi connectivity index (χ0) is 20.6. The van der Waals surface area contributed by atoms with E-state index in [0.717, 1.165) is 37.5 Å². The molecule has 1 heterocycles. The molecule has 29 heavy (non-hydrogen) atoms. The standard InChI is InChI=1S/C22H31ClN2O3S/c1-15(19-13-16-6-7-17(19)12-16)24-22(26)18-8-9-20(23)21(14-18)29(27,28)25-10-4-2-3-5-11-25/h8-9,14-17,19H,2-7,10-13H2,1H3,(H,24,26)/t15-,16-,17-,19-/m0/s1. The molecule has 1 amide bonds. The lowest BCUT2D eigenvalue weighted by Crippen LogP contribution is -2.40. The molecule has 1 saturated heterocycles. The number of halogens is 1. The molecule has 4 rings (SSSR count). The molecular weight excluding hydrogens is 408 g/mol. The molecular formula is C22H31ClN2O3S. The zero-order valence-corrected chi connectivity index (χ0v) is 18.6. The van der Waals surface area contributed by atoms with Crippen LogP contribution >= 0.6 is 11.6 Å². The lowest BCUT2D eigenvalue weighted by atomic mass is 9.84. The van der Waals surface area contributed by atoms with Gasteiger partial charge in [0.2, 0.25) is 10.0 Å². The molecule has 1 aromatic rings. The maximum absolute atomic E-state index is 13.2. The average Bonchev–Trinajstić information content (AvgIpc) is 3.22. The second kappa shape index (κ2) is 8.56. The Morgan fingerprint density at radius 1 is 1.14 bits per heavy atom. The molecule has 7 heteroatoms. The Balaban J connectivity index is 1.50. The molecule has 0 aromatic heterocycles. The van der Waals surface area contributed by atoms with Gasteiger partial charge in [0.05, 0.1) is 5.02 Å². The van der Waals surface area contributed by atoms with Gasteiger partial charge in [0, 0.05) is 24.7 Å². The van der Waals surface area contributed by atoms with Crippen molar-refractivity contribution in [2.75, 3.05) is 13.1 Å². The number of nitrogens with one attached hydrogen (secondary N) is 1. The van der Waals surface area contributed by atoms with Crippen LogP contribution in [0.2, 0.25) is 5.02 Å². The number of rotatable bonds is 5. The molecule has 160 valence electrons. The predicted octanol–water partition coefficient (Wildman–Crippen LogP) is 4.46. The van der Waals surface area contributed by atoms with E-state index in [0.29, 0.717) is 24.6 Å². The van der Waals surface area contributed by atoms with Gasteiger partial charge < -0.3 is 5.32 Å². The van der Waals surface area contributed by atoms with E-state index in [4.69, 9.17) is 11.6 Å². The van der Waals surface area contributed by atoms with E-state index in [2.05, 4.69) is 12.2 Å². The second-order valence-electron chi connectivity index (χ2n) is 9.06. The highest BCUT2D eigenvalue weighted by molar-refractivity contribution is 7.89. The maximum Gasteiger partial charge on any atom is 0.251 e. The zero-order valence-electron chi connectivity index (χ0n) is 17.1. The van der Waals surface area contributed by atoms with Crippen molar-refractivity contribution >= 4 is 27.5 Å². The smallest absolute Gasteiger partial charge is 0.251 e. The van der Waals surface area contributed by atoms with Gasteiger partial charge in [0.15, 0.2) is 0 Å². The third-order valence-electron chi connectivity index (χ3n) is 7.17. The quantitative estimate of drug-likeness (QED) is 0.737. The van der Waals surface area contributed by atoms with Gasteiger partial charge in [0.25, 0.3) is 5.91 Å². The van der Waals surface area contributed by atoms with Gasteiger partial charge in [-0.2, -0.15) is 4.31 Å². The molecule has 2 saturated carbocycles. The van der Waals surface area contributed by atoms with Crippen molar-refractivity contribution in [3.8, 4) is 0 Å². The first-order chi connectivity index (χ1) is 13.9. The Morgan fingerprint density at radius 3 is 2.48 bits per heavy atom. The predicted molar refractivity (Wildman–Crippen MR) is 115 cm³/mol. The first-order valence-electron chi connectivity index (χ1n) is 11.0. The molecule has 4 atom stereocenters. The van der Waals surface area contributed by atoms with E-state index in [9.17, 15) is 13.2 Å². The summed E-state index contributed by atoms with van der Waals surface area (Å²) in [5.74, 6) is 1.86. The number of hydrogen-bond donors (Lipinski definition) is 1. The summed E-state index contributed by atoms with van der Waals surface area (Å²) >= 11 is 6.26. The van der Waals surface area contributed by atoms with E-state index in [1.807, 2.05) is 0 Å². The normalized spacial score (nSPS) is 28.8. The number of carbonyl (C=O) groups is 1. The highest BCUT2D eigenvalue weighted by Gasteiger charge is 2.42. The van der Waals surface area contributed by atoms with Crippen LogP contribution < -0.4 is 5.32 Å². The summed E-state index contributed by atoms with van der Waals surface area (Å²) in [5, 5.41) is 3.29. The molecule has 3 fully saturated rings. The highest BCUT2D eigenvalue weighted by Crippen LogP contribution is 2.49. The van der Waals surface area contributed by atoms with Crippen LogP contribution in [-0.4, -0.2) is 37.8 Å². The van der Waals surface area contributed by atoms with Gasteiger partial charge in [0.1, 0.15) is 4.90 Å². The fourth-order valence-corrected chi connectivity index (χ4v) is 7.58. The van der Waals surface area contributed by atoms with Gasteiger partial charge in [-0.05, 0) is 75.0 Å². The Hall–Kier alpha value is -1.11. The van der Waals surface area contributed by atoms with Crippen LogP contribution in [0.5, 0.6) is 0 Å². The topological polar surface area (TPSA) is 66.5 Å². The van der Waals surface area contributed by atoms with Crippen LogP contribution in [0.25, 0.3) is 0 Å². The van der Waals surface area contributed by atoms with Crippen LogP contribution in [0.3, 0.4) is 0 Å². The number of amides is 1. The summed E-state index contributed by atoms with van der Waals surface area (Å²) in [6, 6.07) is 4.70. The summed E-state index contributed by atoms with van der Waals surface area (Å²) in [4.78, 5) is 12.9. The number of benzene rings is 1. The van der Waals surface area contributed by atoms with E-state index < -0.39 is 10.0 Å². The SMILES string of the molecule is C[C@H](NC(=O)c1ccc(Cl)c(S(=O)(=O)N2CCCCCC2)c1)[C@@H]1C[C@H]2CC[C@H]1C2. The lowest BCUT2D eigenvalue weighted by molar-refractivity contribution is 0.0915. The number of fused-ring (bicyclic) bond motifs is 2. The molecule has 0 radical (unpaired) electrons. The first kappa shape index (κ1) is 21.1. The van der Waals surface area contributed by atoms with Crippen molar-refractivity contribution in [1.82, 2.24) is 9.62 Å². The highest BCUT2D eigenvalue weighted by atomic mass is 35.5. The maximum atomic E-state index is 13.2. The fraction of sp³-hybridized carbons (Fsp3) is 0.682. The molecule has 0 spiro atoms. The first-order valence-corrected chi connectivity index (χ1v) is 12.8. The van der Waals surface area contributed by atoms with Gasteiger partial charge >= 0.3 is 0 Å². The Bertz CT molecular complexity index is 865. The van der Waals surface area contributed by atoms with E-state index >= 15 is 0 Å². The average molecular weight is 439 g/mol. The van der Waals surface area contributed by atoms with Crippen molar-refractivity contribution < 1.29 is 13.2 Å². The fourth-order valence-electron chi connectivity index (χ4n) is 5.57. The van der Waals surface area contributed by atoms with Crippen molar-refractivity contribution in [2.45, 2.75) is 69.2 Å². The molecule has 5 nitrogen and oxygen atoms in total. The summed E-state index contributed by atoms with van der Waals surface area (Å²) in [6.07, 6.45) is 8.90. The Morgan fingerprint density at radius 2 is 1.86 bits per heavy atom. The number of hydrogen-bond acceptors (Lipinski definition) is 3. The molecule has 1 aliphatic heterocycles. The lowest BCUT2D eigenvalue weighted by Gasteiger charge is -2.28. The molecule has 1 aromatic carbocycles.